The minimum atomic E-state index is -0.614. The molecule has 0 aliphatic rings. The monoisotopic (exact) mass is 356 g/mol. The molecule has 5 nitrogen and oxygen atoms in total. The first-order valence-electron chi connectivity index (χ1n) is 6.60. The summed E-state index contributed by atoms with van der Waals surface area (Å²) in [5.74, 6) is 0.150. The van der Waals surface area contributed by atoms with E-state index >= 15 is 0 Å². The standard InChI is InChI=1S/C15H21BrN2O3/c1-14(2,3)12(19)18-11-7-10(9(16)8-17-11)21-13(20)15(4,5)6/h7-8H,1-6H3,(H,17,18,19). The van der Waals surface area contributed by atoms with E-state index in [0.717, 1.165) is 0 Å². The van der Waals surface area contributed by atoms with Gasteiger partial charge in [0.05, 0.1) is 9.89 Å². The molecule has 0 aliphatic carbocycles. The van der Waals surface area contributed by atoms with Crippen molar-refractivity contribution in [3.8, 4) is 5.75 Å². The van der Waals surface area contributed by atoms with Crippen molar-refractivity contribution in [1.82, 2.24) is 4.98 Å². The van der Waals surface area contributed by atoms with E-state index in [-0.39, 0.29) is 11.9 Å². The number of rotatable bonds is 2. The van der Waals surface area contributed by atoms with Crippen LogP contribution in [0, 0.1) is 10.8 Å². The first-order chi connectivity index (χ1) is 9.41. The molecule has 1 heterocycles. The van der Waals surface area contributed by atoms with Gasteiger partial charge in [-0.05, 0) is 36.7 Å². The van der Waals surface area contributed by atoms with Gasteiger partial charge in [0, 0.05) is 17.7 Å². The van der Waals surface area contributed by atoms with Crippen molar-refractivity contribution in [1.29, 1.82) is 0 Å². The molecule has 0 fully saturated rings. The summed E-state index contributed by atoms with van der Waals surface area (Å²) in [5.41, 5.74) is -1.14. The first-order valence-corrected chi connectivity index (χ1v) is 7.40. The van der Waals surface area contributed by atoms with Gasteiger partial charge in [0.15, 0.2) is 0 Å². The fourth-order valence-electron chi connectivity index (χ4n) is 1.12. The summed E-state index contributed by atoms with van der Waals surface area (Å²) in [7, 11) is 0. The predicted molar refractivity (Wildman–Crippen MR) is 85.1 cm³/mol. The lowest BCUT2D eigenvalue weighted by atomic mass is 9.96. The number of nitrogens with zero attached hydrogens (tertiary/aromatic N) is 1. The van der Waals surface area contributed by atoms with Crippen molar-refractivity contribution in [2.45, 2.75) is 41.5 Å². The third-order valence-electron chi connectivity index (χ3n) is 2.56. The average molecular weight is 357 g/mol. The minimum absolute atomic E-state index is 0.162. The van der Waals surface area contributed by atoms with E-state index in [1.165, 1.54) is 12.3 Å². The topological polar surface area (TPSA) is 68.3 Å². The van der Waals surface area contributed by atoms with Crippen LogP contribution in [0.2, 0.25) is 0 Å². The molecule has 0 radical (unpaired) electrons. The Bertz CT molecular complexity index is 557. The van der Waals surface area contributed by atoms with Crippen molar-refractivity contribution in [2.75, 3.05) is 5.32 Å². The summed E-state index contributed by atoms with van der Waals surface area (Å²) in [6, 6.07) is 1.53. The minimum Gasteiger partial charge on any atom is -0.425 e. The molecule has 1 rings (SSSR count). The smallest absolute Gasteiger partial charge is 0.316 e. The Balaban J connectivity index is 2.96. The molecular weight excluding hydrogens is 336 g/mol. The van der Waals surface area contributed by atoms with Crippen molar-refractivity contribution in [3.05, 3.63) is 16.7 Å². The van der Waals surface area contributed by atoms with E-state index in [9.17, 15) is 9.59 Å². The summed E-state index contributed by atoms with van der Waals surface area (Å²) in [5, 5.41) is 2.70. The zero-order valence-corrected chi connectivity index (χ0v) is 14.8. The number of halogens is 1. The van der Waals surface area contributed by atoms with E-state index in [1.807, 2.05) is 20.8 Å². The predicted octanol–water partition coefficient (Wildman–Crippen LogP) is 3.78. The number of hydrogen-bond donors (Lipinski definition) is 1. The van der Waals surface area contributed by atoms with Gasteiger partial charge in [-0.2, -0.15) is 0 Å². The average Bonchev–Trinajstić information content (AvgIpc) is 2.30. The van der Waals surface area contributed by atoms with Crippen molar-refractivity contribution in [2.24, 2.45) is 10.8 Å². The van der Waals surface area contributed by atoms with Crippen LogP contribution in [0.4, 0.5) is 5.82 Å². The molecule has 1 aromatic heterocycles. The molecule has 0 atom stereocenters. The molecule has 0 saturated heterocycles. The Kier molecular flexibility index (Phi) is 5.15. The van der Waals surface area contributed by atoms with E-state index < -0.39 is 10.8 Å². The van der Waals surface area contributed by atoms with E-state index in [1.54, 1.807) is 20.8 Å². The number of aromatic nitrogens is 1. The number of pyridine rings is 1. The Hall–Kier alpha value is -1.43. The summed E-state index contributed by atoms with van der Waals surface area (Å²) in [6.45, 7) is 10.7. The number of carbonyl (C=O) groups is 2. The maximum absolute atomic E-state index is 11.9. The van der Waals surface area contributed by atoms with Gasteiger partial charge in [-0.1, -0.05) is 20.8 Å². The molecule has 0 unspecified atom stereocenters. The number of hydrogen-bond acceptors (Lipinski definition) is 4. The van der Waals surface area contributed by atoms with Gasteiger partial charge in [-0.25, -0.2) is 4.98 Å². The molecule has 0 aromatic carbocycles. The van der Waals surface area contributed by atoms with Gasteiger partial charge in [-0.15, -0.1) is 0 Å². The summed E-state index contributed by atoms with van der Waals surface area (Å²) >= 11 is 3.28. The second-order valence-electron chi connectivity index (χ2n) is 6.84. The third-order valence-corrected chi connectivity index (χ3v) is 3.15. The van der Waals surface area contributed by atoms with Gasteiger partial charge >= 0.3 is 5.97 Å². The van der Waals surface area contributed by atoms with Crippen LogP contribution in [0.3, 0.4) is 0 Å². The van der Waals surface area contributed by atoms with Crippen LogP contribution < -0.4 is 10.1 Å². The van der Waals surface area contributed by atoms with E-state index in [4.69, 9.17) is 4.74 Å². The Morgan fingerprint density at radius 3 is 2.19 bits per heavy atom. The van der Waals surface area contributed by atoms with Gasteiger partial charge in [-0.3, -0.25) is 9.59 Å². The lowest BCUT2D eigenvalue weighted by molar-refractivity contribution is -0.143. The summed E-state index contributed by atoms with van der Waals surface area (Å²) in [4.78, 5) is 28.0. The zero-order valence-electron chi connectivity index (χ0n) is 13.2. The summed E-state index contributed by atoms with van der Waals surface area (Å²) < 4.78 is 5.89. The van der Waals surface area contributed by atoms with E-state index in [2.05, 4.69) is 26.2 Å². The normalized spacial score (nSPS) is 12.0. The number of esters is 1. The second-order valence-corrected chi connectivity index (χ2v) is 7.70. The van der Waals surface area contributed by atoms with Crippen LogP contribution in [-0.2, 0) is 9.59 Å². The Morgan fingerprint density at radius 1 is 1.14 bits per heavy atom. The molecule has 21 heavy (non-hydrogen) atoms. The lowest BCUT2D eigenvalue weighted by Crippen LogP contribution is -2.28. The van der Waals surface area contributed by atoms with Crippen LogP contribution in [0.1, 0.15) is 41.5 Å². The number of carbonyl (C=O) groups excluding carboxylic acids is 2. The number of amides is 1. The molecule has 0 spiro atoms. The van der Waals surface area contributed by atoms with Crippen LogP contribution in [-0.4, -0.2) is 16.9 Å². The molecule has 0 bridgehead atoms. The highest BCUT2D eigenvalue weighted by Crippen LogP contribution is 2.29. The largest absolute Gasteiger partial charge is 0.425 e. The van der Waals surface area contributed by atoms with Gasteiger partial charge in [0.2, 0.25) is 5.91 Å². The summed E-state index contributed by atoms with van der Waals surface area (Å²) in [6.07, 6.45) is 1.49. The van der Waals surface area contributed by atoms with Crippen molar-refractivity contribution < 1.29 is 14.3 Å². The quantitative estimate of drug-likeness (QED) is 0.818. The van der Waals surface area contributed by atoms with Gasteiger partial charge in [0.1, 0.15) is 11.6 Å². The molecule has 0 saturated carbocycles. The van der Waals surface area contributed by atoms with Crippen LogP contribution >= 0.6 is 15.9 Å². The van der Waals surface area contributed by atoms with E-state index in [0.29, 0.717) is 16.0 Å². The Labute approximate surface area is 133 Å². The number of ether oxygens (including phenoxy) is 1. The molecule has 116 valence electrons. The number of nitrogens with one attached hydrogen (secondary N) is 1. The van der Waals surface area contributed by atoms with Gasteiger partial charge in [0.25, 0.3) is 0 Å². The van der Waals surface area contributed by atoms with Gasteiger partial charge < -0.3 is 10.1 Å². The fraction of sp³-hybridized carbons (Fsp3) is 0.533. The molecule has 1 amide bonds. The van der Waals surface area contributed by atoms with Crippen LogP contribution in [0.25, 0.3) is 0 Å². The van der Waals surface area contributed by atoms with Crippen molar-refractivity contribution in [3.63, 3.8) is 0 Å². The first kappa shape index (κ1) is 17.6. The van der Waals surface area contributed by atoms with Crippen LogP contribution in [0.5, 0.6) is 5.75 Å². The van der Waals surface area contributed by atoms with Crippen molar-refractivity contribution >= 4 is 33.6 Å². The third kappa shape index (κ3) is 5.12. The lowest BCUT2D eigenvalue weighted by Gasteiger charge is -2.19. The zero-order chi connectivity index (χ0) is 16.4. The van der Waals surface area contributed by atoms with Crippen LogP contribution in [0.15, 0.2) is 16.7 Å². The SMILES string of the molecule is CC(C)(C)C(=O)Nc1cc(OC(=O)C(C)(C)C)c(Br)cn1. The maximum Gasteiger partial charge on any atom is 0.316 e. The highest BCUT2D eigenvalue weighted by Gasteiger charge is 2.25. The molecule has 1 N–H and O–H groups in total. The molecule has 1 aromatic rings. The number of anilines is 1. The molecular formula is C15H21BrN2O3. The molecule has 6 heteroatoms. The molecule has 0 aliphatic heterocycles. The Morgan fingerprint density at radius 2 is 1.71 bits per heavy atom. The highest BCUT2D eigenvalue weighted by atomic mass is 79.9. The fourth-order valence-corrected chi connectivity index (χ4v) is 1.42. The highest BCUT2D eigenvalue weighted by molar-refractivity contribution is 9.10. The second kappa shape index (κ2) is 6.13. The maximum atomic E-state index is 11.9.